The molecule has 0 aliphatic heterocycles. The molecule has 2 rings (SSSR count). The number of benzene rings is 2. The molecule has 0 saturated carbocycles. The van der Waals surface area contributed by atoms with E-state index in [1.54, 1.807) is 23.9 Å². The molecule has 100 valence electrons. The number of hydrogen-bond acceptors (Lipinski definition) is 2. The van der Waals surface area contributed by atoms with Crippen LogP contribution in [0, 0.1) is 11.6 Å². The highest BCUT2D eigenvalue weighted by Crippen LogP contribution is 2.26. The van der Waals surface area contributed by atoms with Gasteiger partial charge in [0.2, 0.25) is 0 Å². The van der Waals surface area contributed by atoms with Gasteiger partial charge in [-0.25, -0.2) is 8.78 Å². The summed E-state index contributed by atoms with van der Waals surface area (Å²) < 4.78 is 26.2. The zero-order valence-corrected chi connectivity index (χ0v) is 11.3. The zero-order chi connectivity index (χ0) is 13.8. The van der Waals surface area contributed by atoms with Gasteiger partial charge in [0.1, 0.15) is 17.7 Å². The van der Waals surface area contributed by atoms with Gasteiger partial charge in [-0.15, -0.1) is 11.8 Å². The van der Waals surface area contributed by atoms with E-state index in [2.05, 4.69) is 6.92 Å². The quantitative estimate of drug-likeness (QED) is 0.849. The summed E-state index contributed by atoms with van der Waals surface area (Å²) in [6.45, 7) is 2.06. The van der Waals surface area contributed by atoms with Gasteiger partial charge < -0.3 is 5.11 Å². The Hall–Kier alpha value is -1.39. The molecule has 1 unspecified atom stereocenters. The minimum Gasteiger partial charge on any atom is -0.384 e. The Labute approximate surface area is 115 Å². The molecule has 1 nitrogen and oxygen atoms in total. The average molecular weight is 280 g/mol. The van der Waals surface area contributed by atoms with Crippen molar-refractivity contribution in [3.05, 3.63) is 65.2 Å². The summed E-state index contributed by atoms with van der Waals surface area (Å²) in [7, 11) is 0. The predicted octanol–water partition coefficient (Wildman–Crippen LogP) is 4.16. The largest absolute Gasteiger partial charge is 0.384 e. The van der Waals surface area contributed by atoms with Crippen molar-refractivity contribution < 1.29 is 13.9 Å². The van der Waals surface area contributed by atoms with E-state index in [4.69, 9.17) is 0 Å². The third kappa shape index (κ3) is 3.55. The van der Waals surface area contributed by atoms with Crippen LogP contribution in [0.5, 0.6) is 0 Å². The molecule has 0 aliphatic carbocycles. The van der Waals surface area contributed by atoms with E-state index in [1.165, 1.54) is 0 Å². The Kier molecular flexibility index (Phi) is 4.56. The molecule has 0 spiro atoms. The van der Waals surface area contributed by atoms with Gasteiger partial charge in [-0.2, -0.15) is 0 Å². The maximum atomic E-state index is 13.1. The molecule has 2 aromatic carbocycles. The van der Waals surface area contributed by atoms with Gasteiger partial charge >= 0.3 is 0 Å². The molecule has 0 bridgehead atoms. The predicted molar refractivity (Wildman–Crippen MR) is 73.3 cm³/mol. The number of halogens is 2. The minimum atomic E-state index is -1.02. The van der Waals surface area contributed by atoms with Crippen LogP contribution in [0.4, 0.5) is 8.78 Å². The fourth-order valence-electron chi connectivity index (χ4n) is 1.84. The van der Waals surface area contributed by atoms with E-state index < -0.39 is 17.7 Å². The van der Waals surface area contributed by atoms with Crippen molar-refractivity contribution in [2.75, 3.05) is 5.75 Å². The molecule has 0 radical (unpaired) electrons. The van der Waals surface area contributed by atoms with Crippen molar-refractivity contribution in [1.82, 2.24) is 0 Å². The highest BCUT2D eigenvalue weighted by Gasteiger charge is 2.12. The summed E-state index contributed by atoms with van der Waals surface area (Å²) in [6.07, 6.45) is -1.02. The summed E-state index contributed by atoms with van der Waals surface area (Å²) in [4.78, 5) is 1.10. The minimum absolute atomic E-state index is 0.216. The molecular weight excluding hydrogens is 266 g/mol. The van der Waals surface area contributed by atoms with Gasteiger partial charge in [0, 0.05) is 11.0 Å². The maximum absolute atomic E-state index is 13.1. The van der Waals surface area contributed by atoms with Gasteiger partial charge in [-0.05, 0) is 41.1 Å². The smallest absolute Gasteiger partial charge is 0.126 e. The number of aliphatic hydroxyl groups excluding tert-OH is 1. The first-order valence-electron chi connectivity index (χ1n) is 5.97. The van der Waals surface area contributed by atoms with Crippen LogP contribution in [0.1, 0.15) is 24.2 Å². The van der Waals surface area contributed by atoms with E-state index in [-0.39, 0.29) is 5.56 Å². The second-order valence-electron chi connectivity index (χ2n) is 4.11. The number of hydrogen-bond donors (Lipinski definition) is 1. The Balaban J connectivity index is 2.25. The molecular formula is C15H14F2OS. The average Bonchev–Trinajstić information content (AvgIpc) is 2.38. The van der Waals surface area contributed by atoms with Crippen LogP contribution in [0.15, 0.2) is 47.4 Å². The molecule has 0 amide bonds. The lowest BCUT2D eigenvalue weighted by Gasteiger charge is -2.12. The van der Waals surface area contributed by atoms with Crippen LogP contribution >= 0.6 is 11.8 Å². The summed E-state index contributed by atoms with van der Waals surface area (Å²) in [5, 5.41) is 10.1. The second-order valence-corrected chi connectivity index (χ2v) is 5.44. The van der Waals surface area contributed by atoms with E-state index in [9.17, 15) is 13.9 Å². The number of aliphatic hydroxyl groups is 1. The van der Waals surface area contributed by atoms with Crippen LogP contribution in [-0.2, 0) is 0 Å². The van der Waals surface area contributed by atoms with Crippen molar-refractivity contribution >= 4 is 11.8 Å². The third-order valence-electron chi connectivity index (χ3n) is 2.71. The number of rotatable bonds is 4. The van der Waals surface area contributed by atoms with Gasteiger partial charge in [0.15, 0.2) is 0 Å². The van der Waals surface area contributed by atoms with Crippen molar-refractivity contribution in [2.45, 2.75) is 17.9 Å². The standard InChI is InChI=1S/C15H14F2OS/c1-2-19-14-5-3-10(4-6-14)15(18)11-7-12(16)9-13(17)8-11/h3-9,15,18H,2H2,1H3. The molecule has 0 aromatic heterocycles. The lowest BCUT2D eigenvalue weighted by Crippen LogP contribution is -2.01. The highest BCUT2D eigenvalue weighted by molar-refractivity contribution is 7.99. The van der Waals surface area contributed by atoms with Gasteiger partial charge in [0.25, 0.3) is 0 Å². The molecule has 4 heteroatoms. The van der Waals surface area contributed by atoms with E-state index in [1.807, 2.05) is 12.1 Å². The number of thioether (sulfide) groups is 1. The van der Waals surface area contributed by atoms with Crippen LogP contribution in [0.3, 0.4) is 0 Å². The zero-order valence-electron chi connectivity index (χ0n) is 10.4. The molecule has 1 N–H and O–H groups in total. The van der Waals surface area contributed by atoms with Crippen molar-refractivity contribution in [3.8, 4) is 0 Å². The maximum Gasteiger partial charge on any atom is 0.126 e. The normalized spacial score (nSPS) is 12.4. The van der Waals surface area contributed by atoms with Crippen molar-refractivity contribution in [1.29, 1.82) is 0 Å². The van der Waals surface area contributed by atoms with E-state index >= 15 is 0 Å². The third-order valence-corrected chi connectivity index (χ3v) is 3.60. The topological polar surface area (TPSA) is 20.2 Å². The summed E-state index contributed by atoms with van der Waals surface area (Å²) >= 11 is 1.69. The molecule has 1 atom stereocenters. The Morgan fingerprint density at radius 2 is 1.58 bits per heavy atom. The molecule has 0 fully saturated rings. The van der Waals surface area contributed by atoms with Crippen molar-refractivity contribution in [2.24, 2.45) is 0 Å². The Bertz CT molecular complexity index is 534. The molecule has 2 aromatic rings. The van der Waals surface area contributed by atoms with Gasteiger partial charge in [0.05, 0.1) is 0 Å². The molecule has 0 aliphatic rings. The lowest BCUT2D eigenvalue weighted by atomic mass is 10.0. The van der Waals surface area contributed by atoms with Gasteiger partial charge in [-0.1, -0.05) is 19.1 Å². The van der Waals surface area contributed by atoms with Crippen LogP contribution < -0.4 is 0 Å². The summed E-state index contributed by atoms with van der Waals surface area (Å²) in [5.41, 5.74) is 0.832. The van der Waals surface area contributed by atoms with Gasteiger partial charge in [-0.3, -0.25) is 0 Å². The molecule has 0 heterocycles. The summed E-state index contributed by atoms with van der Waals surface area (Å²) in [5.74, 6) is -0.406. The Morgan fingerprint density at radius 3 is 2.11 bits per heavy atom. The van der Waals surface area contributed by atoms with E-state index in [0.29, 0.717) is 5.56 Å². The first kappa shape index (κ1) is 14.0. The lowest BCUT2D eigenvalue weighted by molar-refractivity contribution is 0.219. The first-order valence-corrected chi connectivity index (χ1v) is 6.95. The Morgan fingerprint density at radius 1 is 1.00 bits per heavy atom. The fourth-order valence-corrected chi connectivity index (χ4v) is 2.50. The van der Waals surface area contributed by atoms with E-state index in [0.717, 1.165) is 28.8 Å². The fraction of sp³-hybridized carbons (Fsp3) is 0.200. The van der Waals surface area contributed by atoms with Crippen LogP contribution in [0.2, 0.25) is 0 Å². The molecule has 19 heavy (non-hydrogen) atoms. The van der Waals surface area contributed by atoms with Crippen molar-refractivity contribution in [3.63, 3.8) is 0 Å². The van der Waals surface area contributed by atoms with Crippen LogP contribution in [-0.4, -0.2) is 10.9 Å². The summed E-state index contributed by atoms with van der Waals surface area (Å²) in [6, 6.07) is 10.4. The highest BCUT2D eigenvalue weighted by atomic mass is 32.2. The second kappa shape index (κ2) is 6.17. The SMILES string of the molecule is CCSc1ccc(C(O)c2cc(F)cc(F)c2)cc1. The molecule has 0 saturated heterocycles. The monoisotopic (exact) mass is 280 g/mol. The first-order chi connectivity index (χ1) is 9.10. The van der Waals surface area contributed by atoms with Crippen LogP contribution in [0.25, 0.3) is 0 Å².